The number of hydrogen-bond donors (Lipinski definition) is 1. The number of hydrogen-bond acceptors (Lipinski definition) is 1. The van der Waals surface area contributed by atoms with Crippen LogP contribution in [0.4, 0.5) is 0 Å². The van der Waals surface area contributed by atoms with Gasteiger partial charge in [0.2, 0.25) is 0 Å². The van der Waals surface area contributed by atoms with Crippen LogP contribution in [0.25, 0.3) is 0 Å². The highest BCUT2D eigenvalue weighted by Gasteiger charge is 2.17. The summed E-state index contributed by atoms with van der Waals surface area (Å²) >= 11 is 5.98. The van der Waals surface area contributed by atoms with Gasteiger partial charge in [-0.15, -0.1) is 11.6 Å². The Morgan fingerprint density at radius 2 is 2.50 bits per heavy atom. The number of rotatable bonds is 1. The van der Waals surface area contributed by atoms with E-state index >= 15 is 0 Å². The summed E-state index contributed by atoms with van der Waals surface area (Å²) < 4.78 is 0. The first-order chi connectivity index (χ1) is 4.64. The number of aliphatic hydroxyl groups is 1. The van der Waals surface area contributed by atoms with Crippen LogP contribution in [-0.2, 0) is 0 Å². The minimum atomic E-state index is -0.237. The molecule has 56 valence electrons. The van der Waals surface area contributed by atoms with Crippen molar-refractivity contribution in [2.45, 2.75) is 18.2 Å². The van der Waals surface area contributed by atoms with Crippen LogP contribution in [0, 0.1) is 0 Å². The molecule has 1 atom stereocenters. The molecule has 0 amide bonds. The average molecular weight is 159 g/mol. The fraction of sp³-hybridized carbons (Fsp3) is 0.500. The maximum absolute atomic E-state index is 8.70. The molecule has 1 aliphatic rings. The summed E-state index contributed by atoms with van der Waals surface area (Å²) in [5, 5.41) is 8.70. The van der Waals surface area contributed by atoms with Crippen molar-refractivity contribution in [3.8, 4) is 0 Å². The fourth-order valence-electron chi connectivity index (χ4n) is 0.865. The van der Waals surface area contributed by atoms with Crippen LogP contribution >= 0.6 is 11.6 Å². The Balaban J connectivity index is 2.63. The second-order valence-corrected chi connectivity index (χ2v) is 3.62. The Morgan fingerprint density at radius 1 is 1.80 bits per heavy atom. The van der Waals surface area contributed by atoms with Gasteiger partial charge in [-0.05, 0) is 18.9 Å². The van der Waals surface area contributed by atoms with Gasteiger partial charge in [-0.2, -0.15) is 0 Å². The predicted octanol–water partition coefficient (Wildman–Crippen LogP) is 1.86. The summed E-state index contributed by atoms with van der Waals surface area (Å²) in [5.74, 6) is 0. The van der Waals surface area contributed by atoms with E-state index in [2.05, 4.69) is 0 Å². The molecule has 0 fully saturated rings. The monoisotopic (exact) mass is 158 g/mol. The lowest BCUT2D eigenvalue weighted by molar-refractivity contribution is 0.334. The van der Waals surface area contributed by atoms with E-state index in [1.54, 1.807) is 0 Å². The van der Waals surface area contributed by atoms with Crippen LogP contribution < -0.4 is 0 Å². The highest BCUT2D eigenvalue weighted by atomic mass is 35.5. The highest BCUT2D eigenvalue weighted by molar-refractivity contribution is 6.25. The van der Waals surface area contributed by atoms with E-state index in [0.29, 0.717) is 0 Å². The first kappa shape index (κ1) is 7.83. The van der Waals surface area contributed by atoms with Crippen molar-refractivity contribution in [1.82, 2.24) is 0 Å². The summed E-state index contributed by atoms with van der Waals surface area (Å²) in [7, 11) is 0. The van der Waals surface area contributed by atoms with E-state index in [4.69, 9.17) is 16.7 Å². The molecular weight excluding hydrogens is 148 g/mol. The molecule has 0 aromatic heterocycles. The third kappa shape index (κ3) is 1.86. The zero-order valence-corrected chi connectivity index (χ0v) is 6.73. The third-order valence-electron chi connectivity index (χ3n) is 1.59. The molecule has 10 heavy (non-hydrogen) atoms. The molecule has 1 nitrogen and oxygen atoms in total. The minimum Gasteiger partial charge on any atom is -0.392 e. The van der Waals surface area contributed by atoms with Crippen LogP contribution in [0.2, 0.25) is 0 Å². The Morgan fingerprint density at radius 3 is 2.90 bits per heavy atom. The summed E-state index contributed by atoms with van der Waals surface area (Å²) in [6, 6.07) is 0. The lowest BCUT2D eigenvalue weighted by Crippen LogP contribution is -2.14. The molecule has 0 heterocycles. The van der Waals surface area contributed by atoms with E-state index in [1.807, 2.05) is 25.2 Å². The Bertz CT molecular complexity index is 180. The molecular formula is C8H11ClO. The van der Waals surface area contributed by atoms with Gasteiger partial charge in [-0.25, -0.2) is 0 Å². The van der Waals surface area contributed by atoms with Crippen molar-refractivity contribution >= 4 is 11.6 Å². The van der Waals surface area contributed by atoms with Gasteiger partial charge in [0.25, 0.3) is 0 Å². The summed E-state index contributed by atoms with van der Waals surface area (Å²) in [6.07, 6.45) is 6.56. The number of alkyl halides is 1. The van der Waals surface area contributed by atoms with Gasteiger partial charge in [0, 0.05) is 0 Å². The Kier molecular flexibility index (Phi) is 2.17. The molecule has 1 N–H and O–H groups in total. The van der Waals surface area contributed by atoms with Gasteiger partial charge >= 0.3 is 0 Å². The molecule has 0 radical (unpaired) electrons. The highest BCUT2D eigenvalue weighted by Crippen LogP contribution is 2.26. The molecule has 1 rings (SSSR count). The molecule has 0 aliphatic heterocycles. The number of halogens is 1. The normalized spacial score (nSPS) is 32.1. The summed E-state index contributed by atoms with van der Waals surface area (Å²) in [4.78, 5) is -0.237. The maximum Gasteiger partial charge on any atom is 0.0678 e. The molecule has 0 aromatic rings. The van der Waals surface area contributed by atoms with E-state index in [-0.39, 0.29) is 11.5 Å². The fourth-order valence-corrected chi connectivity index (χ4v) is 1.00. The molecule has 0 saturated carbocycles. The molecule has 0 bridgehead atoms. The predicted molar refractivity (Wildman–Crippen MR) is 43.2 cm³/mol. The van der Waals surface area contributed by atoms with E-state index in [9.17, 15) is 0 Å². The molecule has 0 aromatic carbocycles. The summed E-state index contributed by atoms with van der Waals surface area (Å²) in [5.41, 5.74) is 0.957. The second kappa shape index (κ2) is 2.77. The van der Waals surface area contributed by atoms with E-state index in [0.717, 1.165) is 12.0 Å². The first-order valence-corrected chi connectivity index (χ1v) is 3.70. The maximum atomic E-state index is 8.70. The smallest absolute Gasteiger partial charge is 0.0678 e. The first-order valence-electron chi connectivity index (χ1n) is 3.32. The SMILES string of the molecule is CC1(Cl)C=CC(CO)=CC1. The molecule has 2 heteroatoms. The summed E-state index contributed by atoms with van der Waals surface area (Å²) in [6.45, 7) is 2.07. The van der Waals surface area contributed by atoms with Crippen LogP contribution in [-0.4, -0.2) is 16.6 Å². The Labute approximate surface area is 66.0 Å². The van der Waals surface area contributed by atoms with Crippen LogP contribution in [0.5, 0.6) is 0 Å². The minimum absolute atomic E-state index is 0.115. The average Bonchev–Trinajstić information content (AvgIpc) is 1.88. The number of aliphatic hydroxyl groups excluding tert-OH is 1. The lowest BCUT2D eigenvalue weighted by atomic mass is 9.98. The van der Waals surface area contributed by atoms with Crippen molar-refractivity contribution in [2.75, 3.05) is 6.61 Å². The zero-order valence-electron chi connectivity index (χ0n) is 5.97. The second-order valence-electron chi connectivity index (χ2n) is 2.75. The van der Waals surface area contributed by atoms with Crippen LogP contribution in [0.3, 0.4) is 0 Å². The topological polar surface area (TPSA) is 20.2 Å². The lowest BCUT2D eigenvalue weighted by Gasteiger charge is -2.19. The van der Waals surface area contributed by atoms with E-state index in [1.165, 1.54) is 0 Å². The number of allylic oxidation sites excluding steroid dienone is 2. The Hall–Kier alpha value is -0.270. The largest absolute Gasteiger partial charge is 0.392 e. The van der Waals surface area contributed by atoms with Crippen LogP contribution in [0.1, 0.15) is 13.3 Å². The molecule has 1 unspecified atom stereocenters. The van der Waals surface area contributed by atoms with Crippen molar-refractivity contribution in [1.29, 1.82) is 0 Å². The van der Waals surface area contributed by atoms with Crippen molar-refractivity contribution in [3.05, 3.63) is 23.8 Å². The molecule has 1 aliphatic carbocycles. The van der Waals surface area contributed by atoms with Gasteiger partial charge in [0.15, 0.2) is 0 Å². The van der Waals surface area contributed by atoms with Crippen molar-refractivity contribution in [2.24, 2.45) is 0 Å². The third-order valence-corrected chi connectivity index (χ3v) is 1.87. The van der Waals surface area contributed by atoms with Gasteiger partial charge in [0.05, 0.1) is 11.5 Å². The quantitative estimate of drug-likeness (QED) is 0.578. The van der Waals surface area contributed by atoms with Gasteiger partial charge in [0.1, 0.15) is 0 Å². The van der Waals surface area contributed by atoms with Gasteiger partial charge < -0.3 is 5.11 Å². The molecule has 0 spiro atoms. The van der Waals surface area contributed by atoms with Crippen molar-refractivity contribution in [3.63, 3.8) is 0 Å². The zero-order chi connectivity index (χ0) is 7.61. The van der Waals surface area contributed by atoms with Crippen LogP contribution in [0.15, 0.2) is 23.8 Å². The van der Waals surface area contributed by atoms with Gasteiger partial charge in [-0.1, -0.05) is 18.2 Å². The van der Waals surface area contributed by atoms with E-state index < -0.39 is 0 Å². The molecule has 0 saturated heterocycles. The standard InChI is InChI=1S/C8H11ClO/c1-8(9)4-2-7(6-10)3-5-8/h2-4,10H,5-6H2,1H3. The van der Waals surface area contributed by atoms with Crippen molar-refractivity contribution < 1.29 is 5.11 Å². The van der Waals surface area contributed by atoms with Gasteiger partial charge in [-0.3, -0.25) is 0 Å².